The summed E-state index contributed by atoms with van der Waals surface area (Å²) in [6.07, 6.45) is 0. The third-order valence-electron chi connectivity index (χ3n) is 3.24. The molecule has 3 nitrogen and oxygen atoms in total. The van der Waals surface area contributed by atoms with Crippen molar-refractivity contribution in [2.24, 2.45) is 0 Å². The summed E-state index contributed by atoms with van der Waals surface area (Å²) in [5.74, 6) is -2.69. The molecule has 0 radical (unpaired) electrons. The predicted molar refractivity (Wildman–Crippen MR) is 79.3 cm³/mol. The van der Waals surface area contributed by atoms with Gasteiger partial charge in [0.2, 0.25) is 0 Å². The van der Waals surface area contributed by atoms with E-state index in [4.69, 9.17) is 5.73 Å². The molecule has 0 aliphatic rings. The van der Waals surface area contributed by atoms with Crippen LogP contribution in [0.2, 0.25) is 0 Å². The molecule has 0 saturated heterocycles. The molecule has 110 valence electrons. The number of hydrogen-bond acceptors (Lipinski definition) is 2. The topological polar surface area (TPSA) is 46.3 Å². The molecule has 0 aliphatic heterocycles. The first-order valence-corrected chi connectivity index (χ1v) is 6.57. The minimum Gasteiger partial charge on any atom is -0.396 e. The average molecular weight is 290 g/mol. The van der Waals surface area contributed by atoms with Gasteiger partial charge in [-0.15, -0.1) is 0 Å². The lowest BCUT2D eigenvalue weighted by molar-refractivity contribution is 0.0980. The molecule has 0 atom stereocenters. The molecule has 0 aliphatic carbocycles. The van der Waals surface area contributed by atoms with Crippen molar-refractivity contribution in [3.05, 3.63) is 59.2 Å². The van der Waals surface area contributed by atoms with Gasteiger partial charge in [-0.05, 0) is 38.1 Å². The summed E-state index contributed by atoms with van der Waals surface area (Å²) < 4.78 is 27.8. The van der Waals surface area contributed by atoms with Gasteiger partial charge in [-0.1, -0.05) is 17.7 Å². The molecule has 0 unspecified atom stereocenters. The van der Waals surface area contributed by atoms with Gasteiger partial charge >= 0.3 is 0 Å². The van der Waals surface area contributed by atoms with Gasteiger partial charge in [0.05, 0.1) is 5.69 Å². The van der Waals surface area contributed by atoms with Crippen LogP contribution >= 0.6 is 0 Å². The van der Waals surface area contributed by atoms with Crippen molar-refractivity contribution in [1.82, 2.24) is 0 Å². The maximum atomic E-state index is 14.0. The van der Waals surface area contributed by atoms with Crippen LogP contribution in [-0.2, 0) is 0 Å². The van der Waals surface area contributed by atoms with Crippen LogP contribution in [0.25, 0.3) is 0 Å². The Balaban J connectivity index is 2.46. The number of carbonyl (C=O) groups excluding carboxylic acids is 1. The highest BCUT2D eigenvalue weighted by molar-refractivity contribution is 6.07. The Kier molecular flexibility index (Phi) is 4.21. The Morgan fingerprint density at radius 2 is 1.76 bits per heavy atom. The van der Waals surface area contributed by atoms with Crippen molar-refractivity contribution in [2.75, 3.05) is 17.2 Å². The standard InChI is InChI=1S/C16H16F2N2O/c1-3-20(11-6-4-10(2)5-7-11)16(21)14-12(17)8-9-13(19)15(14)18/h4-9H,3,19H2,1-2H3. The van der Waals surface area contributed by atoms with Gasteiger partial charge in [-0.3, -0.25) is 4.79 Å². The lowest BCUT2D eigenvalue weighted by Crippen LogP contribution is -2.32. The summed E-state index contributed by atoms with van der Waals surface area (Å²) in [4.78, 5) is 13.8. The normalized spacial score (nSPS) is 10.5. The summed E-state index contributed by atoms with van der Waals surface area (Å²) in [5.41, 5.74) is 6.15. The molecule has 0 saturated carbocycles. The summed E-state index contributed by atoms with van der Waals surface area (Å²) in [5, 5.41) is 0. The number of nitrogen functional groups attached to an aromatic ring is 1. The van der Waals surface area contributed by atoms with E-state index in [1.54, 1.807) is 19.1 Å². The van der Waals surface area contributed by atoms with Crippen LogP contribution in [0.5, 0.6) is 0 Å². The van der Waals surface area contributed by atoms with Gasteiger partial charge in [0.15, 0.2) is 5.82 Å². The monoisotopic (exact) mass is 290 g/mol. The maximum Gasteiger partial charge on any atom is 0.264 e. The largest absolute Gasteiger partial charge is 0.396 e. The number of amides is 1. The van der Waals surface area contributed by atoms with Gasteiger partial charge < -0.3 is 10.6 Å². The van der Waals surface area contributed by atoms with Crippen LogP contribution in [0.15, 0.2) is 36.4 Å². The van der Waals surface area contributed by atoms with Gasteiger partial charge in [0, 0.05) is 12.2 Å². The van der Waals surface area contributed by atoms with E-state index in [-0.39, 0.29) is 12.2 Å². The second-order valence-corrected chi connectivity index (χ2v) is 4.71. The van der Waals surface area contributed by atoms with Crippen LogP contribution in [0.3, 0.4) is 0 Å². The predicted octanol–water partition coefficient (Wildman–Crippen LogP) is 3.52. The maximum absolute atomic E-state index is 14.0. The highest BCUT2D eigenvalue weighted by Gasteiger charge is 2.24. The lowest BCUT2D eigenvalue weighted by atomic mass is 10.1. The Morgan fingerprint density at radius 1 is 1.14 bits per heavy atom. The van der Waals surface area contributed by atoms with Crippen LogP contribution < -0.4 is 10.6 Å². The summed E-state index contributed by atoms with van der Waals surface area (Å²) in [6, 6.07) is 9.23. The van der Waals surface area contributed by atoms with Crippen molar-refractivity contribution in [3.8, 4) is 0 Å². The zero-order valence-corrected chi connectivity index (χ0v) is 11.9. The van der Waals surface area contributed by atoms with E-state index in [0.29, 0.717) is 5.69 Å². The first-order chi connectivity index (χ1) is 9.95. The van der Waals surface area contributed by atoms with Gasteiger partial charge in [0.1, 0.15) is 11.4 Å². The lowest BCUT2D eigenvalue weighted by Gasteiger charge is -2.22. The van der Waals surface area contributed by atoms with Crippen molar-refractivity contribution in [2.45, 2.75) is 13.8 Å². The van der Waals surface area contributed by atoms with Crippen LogP contribution in [-0.4, -0.2) is 12.5 Å². The minimum atomic E-state index is -1.02. The average Bonchev–Trinajstić information content (AvgIpc) is 2.46. The number of halogens is 2. The molecule has 0 fully saturated rings. The second kappa shape index (κ2) is 5.91. The molecule has 2 N–H and O–H groups in total. The SMILES string of the molecule is CCN(C(=O)c1c(F)ccc(N)c1F)c1ccc(C)cc1. The number of aryl methyl sites for hydroxylation is 1. The molecule has 0 heterocycles. The Morgan fingerprint density at radius 3 is 2.33 bits per heavy atom. The third-order valence-corrected chi connectivity index (χ3v) is 3.24. The summed E-state index contributed by atoms with van der Waals surface area (Å²) in [6.45, 7) is 3.94. The van der Waals surface area contributed by atoms with E-state index >= 15 is 0 Å². The number of nitrogens with zero attached hydrogens (tertiary/aromatic N) is 1. The second-order valence-electron chi connectivity index (χ2n) is 4.71. The first-order valence-electron chi connectivity index (χ1n) is 6.57. The molecule has 2 rings (SSSR count). The number of benzene rings is 2. The highest BCUT2D eigenvalue weighted by atomic mass is 19.1. The van der Waals surface area contributed by atoms with Gasteiger partial charge in [-0.25, -0.2) is 8.78 Å². The van der Waals surface area contributed by atoms with E-state index in [9.17, 15) is 13.6 Å². The Bertz CT molecular complexity index is 669. The van der Waals surface area contributed by atoms with E-state index in [0.717, 1.165) is 17.7 Å². The smallest absolute Gasteiger partial charge is 0.264 e. The summed E-state index contributed by atoms with van der Waals surface area (Å²) >= 11 is 0. The zero-order chi connectivity index (χ0) is 15.6. The van der Waals surface area contributed by atoms with Crippen molar-refractivity contribution in [3.63, 3.8) is 0 Å². The zero-order valence-electron chi connectivity index (χ0n) is 11.9. The number of rotatable bonds is 3. The highest BCUT2D eigenvalue weighted by Crippen LogP contribution is 2.23. The van der Waals surface area contributed by atoms with Crippen LogP contribution in [0, 0.1) is 18.6 Å². The fourth-order valence-corrected chi connectivity index (χ4v) is 2.07. The molecule has 2 aromatic carbocycles. The van der Waals surface area contributed by atoms with Crippen molar-refractivity contribution in [1.29, 1.82) is 0 Å². The molecule has 0 aromatic heterocycles. The van der Waals surface area contributed by atoms with Crippen LogP contribution in [0.1, 0.15) is 22.8 Å². The number of anilines is 2. The minimum absolute atomic E-state index is 0.250. The van der Waals surface area contributed by atoms with E-state index in [2.05, 4.69) is 0 Å². The molecular weight excluding hydrogens is 274 g/mol. The Labute approximate surface area is 122 Å². The van der Waals surface area contributed by atoms with Gasteiger partial charge in [0.25, 0.3) is 5.91 Å². The molecule has 0 spiro atoms. The van der Waals surface area contributed by atoms with Crippen LogP contribution in [0.4, 0.5) is 20.2 Å². The quantitative estimate of drug-likeness (QED) is 0.879. The Hall–Kier alpha value is -2.43. The van der Waals surface area contributed by atoms with Gasteiger partial charge in [-0.2, -0.15) is 0 Å². The third kappa shape index (κ3) is 2.86. The molecule has 2 aromatic rings. The van der Waals surface area contributed by atoms with E-state index in [1.165, 1.54) is 4.90 Å². The number of nitrogens with two attached hydrogens (primary N) is 1. The van der Waals surface area contributed by atoms with Crippen molar-refractivity contribution >= 4 is 17.3 Å². The fraction of sp³-hybridized carbons (Fsp3) is 0.188. The van der Waals surface area contributed by atoms with E-state index < -0.39 is 23.1 Å². The molecular formula is C16H16F2N2O. The molecule has 0 bridgehead atoms. The molecule has 1 amide bonds. The first kappa shape index (κ1) is 15.0. The molecule has 5 heteroatoms. The number of hydrogen-bond donors (Lipinski definition) is 1. The summed E-state index contributed by atoms with van der Waals surface area (Å²) in [7, 11) is 0. The molecule has 21 heavy (non-hydrogen) atoms. The van der Waals surface area contributed by atoms with Crippen molar-refractivity contribution < 1.29 is 13.6 Å². The number of carbonyl (C=O) groups is 1. The van der Waals surface area contributed by atoms with E-state index in [1.807, 2.05) is 19.1 Å². The fourth-order valence-electron chi connectivity index (χ4n) is 2.07.